The SMILES string of the molecule is Cc1csc(C2COCCN2Cc2ccnn2C)n1. The topological polar surface area (TPSA) is 43.2 Å². The van der Waals surface area contributed by atoms with E-state index >= 15 is 0 Å². The molecule has 6 heteroatoms. The van der Waals surface area contributed by atoms with Crippen LogP contribution in [0.3, 0.4) is 0 Å². The third-order valence-electron chi connectivity index (χ3n) is 3.45. The summed E-state index contributed by atoms with van der Waals surface area (Å²) in [6, 6.07) is 2.34. The van der Waals surface area contributed by atoms with Crippen molar-refractivity contribution < 1.29 is 4.74 Å². The summed E-state index contributed by atoms with van der Waals surface area (Å²) in [5.74, 6) is 0. The van der Waals surface area contributed by atoms with Gasteiger partial charge in [0.05, 0.1) is 24.9 Å². The molecule has 1 aliphatic rings. The second-order valence-electron chi connectivity index (χ2n) is 4.83. The van der Waals surface area contributed by atoms with Crippen LogP contribution in [0.4, 0.5) is 0 Å². The maximum Gasteiger partial charge on any atom is 0.112 e. The lowest BCUT2D eigenvalue weighted by Crippen LogP contribution is -2.39. The molecule has 1 unspecified atom stereocenters. The number of aromatic nitrogens is 3. The fraction of sp³-hybridized carbons (Fsp3) is 0.538. The minimum absolute atomic E-state index is 0.266. The van der Waals surface area contributed by atoms with Gasteiger partial charge in [-0.1, -0.05) is 0 Å². The van der Waals surface area contributed by atoms with Gasteiger partial charge in [0.15, 0.2) is 0 Å². The van der Waals surface area contributed by atoms with Crippen LogP contribution in [-0.2, 0) is 18.3 Å². The summed E-state index contributed by atoms with van der Waals surface area (Å²) in [5, 5.41) is 7.49. The Morgan fingerprint density at radius 3 is 3.11 bits per heavy atom. The van der Waals surface area contributed by atoms with Crippen molar-refractivity contribution in [1.29, 1.82) is 0 Å². The number of morpholine rings is 1. The van der Waals surface area contributed by atoms with Crippen LogP contribution in [0.15, 0.2) is 17.6 Å². The van der Waals surface area contributed by atoms with Crippen molar-refractivity contribution in [2.24, 2.45) is 7.05 Å². The summed E-state index contributed by atoms with van der Waals surface area (Å²) in [4.78, 5) is 7.04. The Labute approximate surface area is 116 Å². The molecular formula is C13H18N4OS. The smallest absolute Gasteiger partial charge is 0.112 e. The van der Waals surface area contributed by atoms with Crippen molar-refractivity contribution in [2.75, 3.05) is 19.8 Å². The maximum atomic E-state index is 5.63. The summed E-state index contributed by atoms with van der Waals surface area (Å²) in [7, 11) is 1.98. The van der Waals surface area contributed by atoms with E-state index in [0.717, 1.165) is 37.0 Å². The molecule has 0 saturated carbocycles. The first-order chi connectivity index (χ1) is 9.24. The molecule has 0 radical (unpaired) electrons. The number of thiazole rings is 1. The van der Waals surface area contributed by atoms with Gasteiger partial charge >= 0.3 is 0 Å². The van der Waals surface area contributed by atoms with E-state index in [1.54, 1.807) is 11.3 Å². The van der Waals surface area contributed by atoms with Crippen molar-refractivity contribution in [3.8, 4) is 0 Å². The first kappa shape index (κ1) is 12.8. The van der Waals surface area contributed by atoms with Gasteiger partial charge < -0.3 is 4.74 Å². The summed E-state index contributed by atoms with van der Waals surface area (Å²) < 4.78 is 7.56. The van der Waals surface area contributed by atoms with Gasteiger partial charge in [0.2, 0.25) is 0 Å². The molecule has 0 aromatic carbocycles. The minimum Gasteiger partial charge on any atom is -0.378 e. The van der Waals surface area contributed by atoms with E-state index < -0.39 is 0 Å². The number of ether oxygens (including phenoxy) is 1. The second kappa shape index (κ2) is 5.40. The predicted molar refractivity (Wildman–Crippen MR) is 74.0 cm³/mol. The van der Waals surface area contributed by atoms with Gasteiger partial charge in [-0.2, -0.15) is 5.10 Å². The van der Waals surface area contributed by atoms with Gasteiger partial charge in [0.25, 0.3) is 0 Å². The molecule has 0 spiro atoms. The first-order valence-electron chi connectivity index (χ1n) is 6.45. The van der Waals surface area contributed by atoms with Gasteiger partial charge in [-0.3, -0.25) is 9.58 Å². The Hall–Kier alpha value is -1.24. The fourth-order valence-corrected chi connectivity index (χ4v) is 3.26. The van der Waals surface area contributed by atoms with Gasteiger partial charge in [0.1, 0.15) is 5.01 Å². The van der Waals surface area contributed by atoms with Crippen molar-refractivity contribution in [3.63, 3.8) is 0 Å². The summed E-state index contributed by atoms with van der Waals surface area (Å²) in [5.41, 5.74) is 2.31. The Balaban J connectivity index is 1.79. The monoisotopic (exact) mass is 278 g/mol. The largest absolute Gasteiger partial charge is 0.378 e. The van der Waals surface area contributed by atoms with E-state index in [1.807, 2.05) is 24.9 Å². The third-order valence-corrected chi connectivity index (χ3v) is 4.51. The quantitative estimate of drug-likeness (QED) is 0.858. The molecule has 3 rings (SSSR count). The standard InChI is InChI=1S/C13H18N4OS/c1-10-9-19-13(15-10)12-8-18-6-5-17(12)7-11-3-4-14-16(11)2/h3-4,9,12H,5-8H2,1-2H3. The van der Waals surface area contributed by atoms with Crippen LogP contribution < -0.4 is 0 Å². The Bertz CT molecular complexity index is 550. The molecule has 1 aliphatic heterocycles. The zero-order chi connectivity index (χ0) is 13.2. The van der Waals surface area contributed by atoms with Gasteiger partial charge in [-0.15, -0.1) is 11.3 Å². The van der Waals surface area contributed by atoms with E-state index in [2.05, 4.69) is 26.4 Å². The lowest BCUT2D eigenvalue weighted by atomic mass is 10.2. The molecule has 2 aromatic rings. The molecule has 1 fully saturated rings. The summed E-state index contributed by atoms with van der Waals surface area (Å²) in [6.07, 6.45) is 1.85. The van der Waals surface area contributed by atoms with Crippen LogP contribution in [0.5, 0.6) is 0 Å². The molecule has 1 atom stereocenters. The highest BCUT2D eigenvalue weighted by Crippen LogP contribution is 2.28. The van der Waals surface area contributed by atoms with Crippen LogP contribution in [0.25, 0.3) is 0 Å². The second-order valence-corrected chi connectivity index (χ2v) is 5.72. The molecule has 19 heavy (non-hydrogen) atoms. The van der Waals surface area contributed by atoms with Crippen molar-refractivity contribution in [3.05, 3.63) is 34.0 Å². The zero-order valence-corrected chi connectivity index (χ0v) is 12.1. The highest BCUT2D eigenvalue weighted by atomic mass is 32.1. The molecule has 5 nitrogen and oxygen atoms in total. The fourth-order valence-electron chi connectivity index (χ4n) is 2.34. The predicted octanol–water partition coefficient (Wildman–Crippen LogP) is 1.76. The molecule has 0 N–H and O–H groups in total. The van der Waals surface area contributed by atoms with Crippen LogP contribution in [0.2, 0.25) is 0 Å². The number of hydrogen-bond acceptors (Lipinski definition) is 5. The number of aryl methyl sites for hydroxylation is 2. The summed E-state index contributed by atoms with van der Waals surface area (Å²) >= 11 is 1.72. The van der Waals surface area contributed by atoms with Gasteiger partial charge in [-0.05, 0) is 13.0 Å². The molecule has 0 amide bonds. The number of nitrogens with zero attached hydrogens (tertiary/aromatic N) is 4. The molecule has 102 valence electrons. The molecule has 2 aromatic heterocycles. The normalized spacial score (nSPS) is 20.8. The molecule has 3 heterocycles. The molecule has 1 saturated heterocycles. The van der Waals surface area contributed by atoms with E-state index in [0.29, 0.717) is 0 Å². The van der Waals surface area contributed by atoms with E-state index in [-0.39, 0.29) is 6.04 Å². The maximum absolute atomic E-state index is 5.63. The molecular weight excluding hydrogens is 260 g/mol. The summed E-state index contributed by atoms with van der Waals surface area (Å²) in [6.45, 7) is 5.39. The Morgan fingerprint density at radius 2 is 2.42 bits per heavy atom. The van der Waals surface area contributed by atoms with Gasteiger partial charge in [0, 0.05) is 37.4 Å². The highest BCUT2D eigenvalue weighted by Gasteiger charge is 2.27. The number of rotatable bonds is 3. The van der Waals surface area contributed by atoms with Crippen molar-refractivity contribution in [1.82, 2.24) is 19.7 Å². The van der Waals surface area contributed by atoms with Crippen LogP contribution in [0.1, 0.15) is 22.4 Å². The average molecular weight is 278 g/mol. The number of hydrogen-bond donors (Lipinski definition) is 0. The van der Waals surface area contributed by atoms with Crippen molar-refractivity contribution in [2.45, 2.75) is 19.5 Å². The van der Waals surface area contributed by atoms with Crippen LogP contribution in [-0.4, -0.2) is 39.4 Å². The van der Waals surface area contributed by atoms with Crippen LogP contribution >= 0.6 is 11.3 Å². The minimum atomic E-state index is 0.266. The first-order valence-corrected chi connectivity index (χ1v) is 7.32. The highest BCUT2D eigenvalue weighted by molar-refractivity contribution is 7.09. The lowest BCUT2D eigenvalue weighted by Gasteiger charge is -2.34. The van der Waals surface area contributed by atoms with Crippen molar-refractivity contribution >= 4 is 11.3 Å². The van der Waals surface area contributed by atoms with Crippen LogP contribution in [0, 0.1) is 6.92 Å². The Kier molecular flexibility index (Phi) is 3.63. The molecule has 0 aliphatic carbocycles. The van der Waals surface area contributed by atoms with E-state index in [4.69, 9.17) is 4.74 Å². The zero-order valence-electron chi connectivity index (χ0n) is 11.2. The van der Waals surface area contributed by atoms with E-state index in [9.17, 15) is 0 Å². The van der Waals surface area contributed by atoms with Gasteiger partial charge in [-0.25, -0.2) is 4.98 Å². The lowest BCUT2D eigenvalue weighted by molar-refractivity contribution is -0.0138. The van der Waals surface area contributed by atoms with E-state index in [1.165, 1.54) is 5.69 Å². The molecule has 0 bridgehead atoms. The third kappa shape index (κ3) is 2.70. The average Bonchev–Trinajstić information content (AvgIpc) is 3.00. The Morgan fingerprint density at radius 1 is 1.53 bits per heavy atom.